The van der Waals surface area contributed by atoms with Crippen molar-refractivity contribution < 1.29 is 0 Å². The number of benzene rings is 2. The zero-order valence-corrected chi connectivity index (χ0v) is 17.9. The Labute approximate surface area is 172 Å². The van der Waals surface area contributed by atoms with E-state index in [0.717, 1.165) is 16.7 Å². The molecule has 0 N–H and O–H groups in total. The summed E-state index contributed by atoms with van der Waals surface area (Å²) >= 11 is 1.82. The maximum atomic E-state index is 4.66. The molecule has 0 spiro atoms. The largest absolute Gasteiger partial charge is 0.299 e. The van der Waals surface area contributed by atoms with E-state index in [9.17, 15) is 0 Å². The molecule has 3 nitrogen and oxygen atoms in total. The number of hydrogen-bond acceptors (Lipinski definition) is 3. The monoisotopic (exact) mass is 391 g/mol. The third kappa shape index (κ3) is 4.02. The van der Waals surface area contributed by atoms with Crippen LogP contribution in [0.1, 0.15) is 60.4 Å². The molecule has 0 bridgehead atoms. The summed E-state index contributed by atoms with van der Waals surface area (Å²) in [6.45, 7) is 6.52. The predicted octanol–water partition coefficient (Wildman–Crippen LogP) is 6.67. The van der Waals surface area contributed by atoms with Gasteiger partial charge in [0, 0.05) is 17.4 Å². The molecule has 0 aliphatic heterocycles. The highest BCUT2D eigenvalue weighted by atomic mass is 32.2. The molecule has 3 aromatic rings. The maximum absolute atomic E-state index is 4.66. The number of rotatable bonds is 5. The quantitative estimate of drug-likeness (QED) is 0.455. The highest BCUT2D eigenvalue weighted by Gasteiger charge is 2.24. The van der Waals surface area contributed by atoms with Gasteiger partial charge in [-0.05, 0) is 55.9 Å². The fourth-order valence-corrected chi connectivity index (χ4v) is 5.04. The molecule has 1 aromatic heterocycles. The van der Waals surface area contributed by atoms with Crippen LogP contribution in [0.25, 0.3) is 11.4 Å². The van der Waals surface area contributed by atoms with Crippen molar-refractivity contribution in [2.24, 2.45) is 0 Å². The summed E-state index contributed by atoms with van der Waals surface area (Å²) in [5, 5.41) is 10.4. The van der Waals surface area contributed by atoms with Gasteiger partial charge in [0.1, 0.15) is 0 Å². The molecule has 0 atom stereocenters. The molecule has 2 aromatic carbocycles. The highest BCUT2D eigenvalue weighted by Crippen LogP contribution is 2.37. The van der Waals surface area contributed by atoms with Crippen molar-refractivity contribution in [1.29, 1.82) is 0 Å². The van der Waals surface area contributed by atoms with E-state index >= 15 is 0 Å². The highest BCUT2D eigenvalue weighted by molar-refractivity contribution is 7.98. The van der Waals surface area contributed by atoms with Crippen molar-refractivity contribution in [3.63, 3.8) is 0 Å². The van der Waals surface area contributed by atoms with Crippen molar-refractivity contribution in [2.75, 3.05) is 0 Å². The lowest BCUT2D eigenvalue weighted by atomic mass is 9.95. The SMILES string of the molecule is Cc1ccc(CSc2nnc(-c3ccccc3C)n2C2CCCCC2)cc1C. The minimum Gasteiger partial charge on any atom is -0.299 e. The summed E-state index contributed by atoms with van der Waals surface area (Å²) in [5.41, 5.74) is 6.52. The normalized spacial score (nSPS) is 15.1. The number of hydrogen-bond donors (Lipinski definition) is 0. The Hall–Kier alpha value is -2.07. The first-order valence-electron chi connectivity index (χ1n) is 10.3. The molecule has 4 rings (SSSR count). The molecule has 0 unspecified atom stereocenters. The molecule has 4 heteroatoms. The van der Waals surface area contributed by atoms with Gasteiger partial charge >= 0.3 is 0 Å². The third-order valence-electron chi connectivity index (χ3n) is 5.93. The van der Waals surface area contributed by atoms with Crippen LogP contribution in [0.2, 0.25) is 0 Å². The van der Waals surface area contributed by atoms with Crippen LogP contribution in [0.3, 0.4) is 0 Å². The van der Waals surface area contributed by atoms with Crippen LogP contribution in [0.15, 0.2) is 47.6 Å². The molecule has 1 heterocycles. The van der Waals surface area contributed by atoms with Crippen LogP contribution in [0, 0.1) is 20.8 Å². The second-order valence-corrected chi connectivity index (χ2v) is 8.93. The van der Waals surface area contributed by atoms with Crippen LogP contribution < -0.4 is 0 Å². The van der Waals surface area contributed by atoms with Gasteiger partial charge in [-0.15, -0.1) is 10.2 Å². The van der Waals surface area contributed by atoms with Crippen molar-refractivity contribution in [2.45, 2.75) is 69.8 Å². The lowest BCUT2D eigenvalue weighted by Crippen LogP contribution is -2.15. The van der Waals surface area contributed by atoms with Gasteiger partial charge in [-0.25, -0.2) is 0 Å². The molecule has 0 amide bonds. The summed E-state index contributed by atoms with van der Waals surface area (Å²) in [6, 6.07) is 15.8. The minimum absolute atomic E-state index is 0.514. The smallest absolute Gasteiger partial charge is 0.192 e. The van der Waals surface area contributed by atoms with Crippen LogP contribution in [-0.2, 0) is 5.75 Å². The zero-order valence-electron chi connectivity index (χ0n) is 17.1. The van der Waals surface area contributed by atoms with E-state index < -0.39 is 0 Å². The standard InChI is InChI=1S/C24H29N3S/c1-17-13-14-20(15-19(17)3)16-28-24-26-25-23(22-12-8-7-9-18(22)2)27(24)21-10-5-4-6-11-21/h7-9,12-15,21H,4-6,10-11,16H2,1-3H3. The average Bonchev–Trinajstić information content (AvgIpc) is 3.13. The minimum atomic E-state index is 0.514. The van der Waals surface area contributed by atoms with E-state index in [1.165, 1.54) is 59.9 Å². The zero-order chi connectivity index (χ0) is 19.5. The first-order chi connectivity index (χ1) is 13.6. The van der Waals surface area contributed by atoms with Gasteiger partial charge in [0.2, 0.25) is 0 Å². The Morgan fingerprint density at radius 2 is 1.68 bits per heavy atom. The molecule has 0 saturated heterocycles. The third-order valence-corrected chi connectivity index (χ3v) is 6.94. The molecule has 28 heavy (non-hydrogen) atoms. The van der Waals surface area contributed by atoms with E-state index in [1.807, 2.05) is 11.8 Å². The summed E-state index contributed by atoms with van der Waals surface area (Å²) in [4.78, 5) is 0. The van der Waals surface area contributed by atoms with Gasteiger partial charge in [-0.3, -0.25) is 4.57 Å². The van der Waals surface area contributed by atoms with Crippen LogP contribution >= 0.6 is 11.8 Å². The first-order valence-corrected chi connectivity index (χ1v) is 11.3. The molecule has 1 saturated carbocycles. The topological polar surface area (TPSA) is 30.7 Å². The number of aryl methyl sites for hydroxylation is 3. The van der Waals surface area contributed by atoms with Crippen LogP contribution in [0.5, 0.6) is 0 Å². The second-order valence-electron chi connectivity index (χ2n) is 7.99. The van der Waals surface area contributed by atoms with E-state index in [-0.39, 0.29) is 0 Å². The Bertz CT molecular complexity index is 954. The van der Waals surface area contributed by atoms with Gasteiger partial charge in [0.25, 0.3) is 0 Å². The fraction of sp³-hybridized carbons (Fsp3) is 0.417. The predicted molar refractivity (Wildman–Crippen MR) is 118 cm³/mol. The number of aromatic nitrogens is 3. The molecule has 1 fully saturated rings. The summed E-state index contributed by atoms with van der Waals surface area (Å²) in [6.07, 6.45) is 6.42. The van der Waals surface area contributed by atoms with Crippen molar-refractivity contribution >= 4 is 11.8 Å². The summed E-state index contributed by atoms with van der Waals surface area (Å²) < 4.78 is 2.44. The lowest BCUT2D eigenvalue weighted by Gasteiger charge is -2.26. The first kappa shape index (κ1) is 19.3. The van der Waals surface area contributed by atoms with Gasteiger partial charge in [-0.2, -0.15) is 0 Å². The fourth-order valence-electron chi connectivity index (χ4n) is 4.09. The molecule has 1 aliphatic carbocycles. The van der Waals surface area contributed by atoms with Gasteiger partial charge < -0.3 is 0 Å². The van der Waals surface area contributed by atoms with Crippen molar-refractivity contribution in [1.82, 2.24) is 14.8 Å². The molecular formula is C24H29N3S. The Morgan fingerprint density at radius 1 is 0.893 bits per heavy atom. The second kappa shape index (κ2) is 8.52. The Balaban J connectivity index is 1.66. The Kier molecular flexibility index (Phi) is 5.86. The van der Waals surface area contributed by atoms with Gasteiger partial charge in [0.15, 0.2) is 11.0 Å². The van der Waals surface area contributed by atoms with E-state index in [0.29, 0.717) is 6.04 Å². The molecule has 146 valence electrons. The van der Waals surface area contributed by atoms with Crippen molar-refractivity contribution in [3.8, 4) is 11.4 Å². The number of nitrogens with zero attached hydrogens (tertiary/aromatic N) is 3. The van der Waals surface area contributed by atoms with Crippen LogP contribution in [-0.4, -0.2) is 14.8 Å². The van der Waals surface area contributed by atoms with Gasteiger partial charge in [0.05, 0.1) is 0 Å². The number of thioether (sulfide) groups is 1. The Morgan fingerprint density at radius 3 is 2.43 bits per heavy atom. The van der Waals surface area contributed by atoms with E-state index in [4.69, 9.17) is 0 Å². The van der Waals surface area contributed by atoms with Crippen LogP contribution in [0.4, 0.5) is 0 Å². The summed E-state index contributed by atoms with van der Waals surface area (Å²) in [7, 11) is 0. The average molecular weight is 392 g/mol. The maximum Gasteiger partial charge on any atom is 0.192 e. The molecule has 1 aliphatic rings. The van der Waals surface area contributed by atoms with E-state index in [2.05, 4.69) is 78.0 Å². The van der Waals surface area contributed by atoms with Gasteiger partial charge in [-0.1, -0.05) is 73.5 Å². The lowest BCUT2D eigenvalue weighted by molar-refractivity contribution is 0.339. The molecular weight excluding hydrogens is 362 g/mol. The van der Waals surface area contributed by atoms with E-state index in [1.54, 1.807) is 0 Å². The summed E-state index contributed by atoms with van der Waals surface area (Å²) in [5.74, 6) is 1.97. The molecule has 0 radical (unpaired) electrons. The van der Waals surface area contributed by atoms with Crippen molar-refractivity contribution in [3.05, 3.63) is 64.7 Å².